The number of rotatable bonds is 8. The number of carboxylic acid groups (broad SMARTS) is 1. The number of para-hydroxylation sites is 1. The Balaban J connectivity index is 2.33. The first-order chi connectivity index (χ1) is 13.0. The molecule has 0 aliphatic carbocycles. The Kier molecular flexibility index (Phi) is 7.13. The smallest absolute Gasteiger partial charge is 0.268 e. The summed E-state index contributed by atoms with van der Waals surface area (Å²) in [6.45, 7) is 1.57. The van der Waals surface area contributed by atoms with Gasteiger partial charge in [0.05, 0.1) is 19.1 Å². The SMILES string of the molecule is CCOc1ccccc1/C=C(/NC(=O)c1ccccc1)C(=O)NCC(=O)[O-]. The lowest BCUT2D eigenvalue weighted by Gasteiger charge is -2.13. The van der Waals surface area contributed by atoms with E-state index >= 15 is 0 Å². The van der Waals surface area contributed by atoms with Crippen molar-refractivity contribution in [1.29, 1.82) is 0 Å². The Morgan fingerprint density at radius 3 is 2.37 bits per heavy atom. The Morgan fingerprint density at radius 2 is 1.70 bits per heavy atom. The van der Waals surface area contributed by atoms with Crippen molar-refractivity contribution in [3.8, 4) is 5.75 Å². The predicted molar refractivity (Wildman–Crippen MR) is 97.5 cm³/mol. The summed E-state index contributed by atoms with van der Waals surface area (Å²) in [7, 11) is 0. The molecule has 0 unspecified atom stereocenters. The molecule has 0 saturated carbocycles. The van der Waals surface area contributed by atoms with Crippen LogP contribution in [0.15, 0.2) is 60.3 Å². The minimum atomic E-state index is -1.44. The van der Waals surface area contributed by atoms with Crippen LogP contribution in [-0.4, -0.2) is 30.9 Å². The third-order valence-electron chi connectivity index (χ3n) is 3.44. The van der Waals surface area contributed by atoms with Gasteiger partial charge in [0.2, 0.25) is 0 Å². The zero-order chi connectivity index (χ0) is 19.6. The van der Waals surface area contributed by atoms with Gasteiger partial charge >= 0.3 is 0 Å². The summed E-state index contributed by atoms with van der Waals surface area (Å²) >= 11 is 0. The van der Waals surface area contributed by atoms with Crippen molar-refractivity contribution >= 4 is 23.9 Å². The van der Waals surface area contributed by atoms with Gasteiger partial charge in [-0.15, -0.1) is 0 Å². The summed E-state index contributed by atoms with van der Waals surface area (Å²) in [5.41, 5.74) is 0.803. The molecule has 2 aromatic rings. The lowest BCUT2D eigenvalue weighted by atomic mass is 10.1. The van der Waals surface area contributed by atoms with Gasteiger partial charge in [-0.2, -0.15) is 0 Å². The molecule has 2 amide bonds. The topological polar surface area (TPSA) is 108 Å². The van der Waals surface area contributed by atoms with Crippen molar-refractivity contribution in [2.75, 3.05) is 13.2 Å². The van der Waals surface area contributed by atoms with Gasteiger partial charge in [-0.25, -0.2) is 0 Å². The monoisotopic (exact) mass is 367 g/mol. The number of carbonyl (C=O) groups is 3. The molecule has 0 fully saturated rings. The second-order valence-corrected chi connectivity index (χ2v) is 5.40. The summed E-state index contributed by atoms with van der Waals surface area (Å²) in [5, 5.41) is 15.3. The number of carboxylic acids is 1. The fourth-order valence-electron chi connectivity index (χ4n) is 2.23. The van der Waals surface area contributed by atoms with Crippen LogP contribution in [0.25, 0.3) is 6.08 Å². The number of ether oxygens (including phenoxy) is 1. The summed E-state index contributed by atoms with van der Waals surface area (Å²) in [4.78, 5) is 35.4. The highest BCUT2D eigenvalue weighted by molar-refractivity contribution is 6.05. The first-order valence-corrected chi connectivity index (χ1v) is 8.29. The van der Waals surface area contributed by atoms with E-state index in [1.165, 1.54) is 6.08 Å². The van der Waals surface area contributed by atoms with Gasteiger partial charge in [-0.3, -0.25) is 9.59 Å². The summed E-state index contributed by atoms with van der Waals surface area (Å²) in [5.74, 6) is -2.17. The number of hydrogen-bond acceptors (Lipinski definition) is 5. The van der Waals surface area contributed by atoms with Gasteiger partial charge in [0.1, 0.15) is 11.4 Å². The molecule has 2 N–H and O–H groups in total. The molecule has 0 heterocycles. The second kappa shape index (κ2) is 9.76. The van der Waals surface area contributed by atoms with E-state index in [2.05, 4.69) is 10.6 Å². The average Bonchev–Trinajstić information content (AvgIpc) is 2.67. The molecular formula is C20H19N2O5-. The maximum Gasteiger partial charge on any atom is 0.268 e. The first-order valence-electron chi connectivity index (χ1n) is 8.29. The minimum absolute atomic E-state index is 0.114. The van der Waals surface area contributed by atoms with Crippen molar-refractivity contribution in [2.45, 2.75) is 6.92 Å². The van der Waals surface area contributed by atoms with Gasteiger partial charge in [-0.05, 0) is 31.2 Å². The molecule has 2 rings (SSSR count). The third-order valence-corrected chi connectivity index (χ3v) is 3.44. The van der Waals surface area contributed by atoms with E-state index < -0.39 is 24.3 Å². The van der Waals surface area contributed by atoms with Crippen molar-refractivity contribution in [3.63, 3.8) is 0 Å². The maximum absolute atomic E-state index is 12.4. The molecule has 140 valence electrons. The number of nitrogens with one attached hydrogen (secondary N) is 2. The fourth-order valence-corrected chi connectivity index (χ4v) is 2.23. The summed E-state index contributed by atoms with van der Waals surface area (Å²) < 4.78 is 5.51. The van der Waals surface area contributed by atoms with Crippen molar-refractivity contribution in [1.82, 2.24) is 10.6 Å². The number of aliphatic carboxylic acids is 1. The predicted octanol–water partition coefficient (Wildman–Crippen LogP) is 0.722. The van der Waals surface area contributed by atoms with E-state index in [0.29, 0.717) is 23.5 Å². The van der Waals surface area contributed by atoms with Crippen LogP contribution in [0.3, 0.4) is 0 Å². The van der Waals surface area contributed by atoms with Crippen molar-refractivity contribution in [3.05, 3.63) is 71.4 Å². The number of amides is 2. The van der Waals surface area contributed by atoms with Crippen LogP contribution >= 0.6 is 0 Å². The molecule has 0 aliphatic heterocycles. The Labute approximate surface area is 156 Å². The molecule has 0 aliphatic rings. The molecule has 27 heavy (non-hydrogen) atoms. The van der Waals surface area contributed by atoms with E-state index in [1.54, 1.807) is 54.6 Å². The van der Waals surface area contributed by atoms with Gasteiger partial charge < -0.3 is 25.3 Å². The molecule has 0 spiro atoms. The van der Waals surface area contributed by atoms with Crippen LogP contribution in [0.4, 0.5) is 0 Å². The van der Waals surface area contributed by atoms with Gasteiger partial charge in [-0.1, -0.05) is 36.4 Å². The highest BCUT2D eigenvalue weighted by Crippen LogP contribution is 2.20. The van der Waals surface area contributed by atoms with Crippen molar-refractivity contribution < 1.29 is 24.2 Å². The molecule has 0 saturated heterocycles. The van der Waals surface area contributed by atoms with Crippen LogP contribution in [0, 0.1) is 0 Å². The Hall–Kier alpha value is -3.61. The lowest BCUT2D eigenvalue weighted by Crippen LogP contribution is -2.41. The molecular weight excluding hydrogens is 348 g/mol. The summed E-state index contributed by atoms with van der Waals surface area (Å²) in [6.07, 6.45) is 1.43. The highest BCUT2D eigenvalue weighted by Gasteiger charge is 2.15. The molecule has 2 aromatic carbocycles. The Bertz CT molecular complexity index is 846. The van der Waals surface area contributed by atoms with Crippen LogP contribution in [0.2, 0.25) is 0 Å². The van der Waals surface area contributed by atoms with E-state index in [4.69, 9.17) is 4.74 Å². The van der Waals surface area contributed by atoms with Crippen LogP contribution in [-0.2, 0) is 9.59 Å². The number of carbonyl (C=O) groups excluding carboxylic acids is 3. The lowest BCUT2D eigenvalue weighted by molar-refractivity contribution is -0.303. The zero-order valence-electron chi connectivity index (χ0n) is 14.7. The molecule has 0 atom stereocenters. The average molecular weight is 367 g/mol. The van der Waals surface area contributed by atoms with Gasteiger partial charge in [0.15, 0.2) is 0 Å². The fraction of sp³-hybridized carbons (Fsp3) is 0.150. The highest BCUT2D eigenvalue weighted by atomic mass is 16.5. The van der Waals surface area contributed by atoms with Crippen molar-refractivity contribution in [2.24, 2.45) is 0 Å². The standard InChI is InChI=1S/C20H20N2O5/c1-2-27-17-11-7-6-10-15(17)12-16(20(26)21-13-18(23)24)22-19(25)14-8-4-3-5-9-14/h3-12H,2,13H2,1H3,(H,21,26)(H,22,25)(H,23,24)/p-1/b16-12+. The zero-order valence-corrected chi connectivity index (χ0v) is 14.7. The van der Waals surface area contributed by atoms with E-state index in [1.807, 2.05) is 6.92 Å². The minimum Gasteiger partial charge on any atom is -0.548 e. The molecule has 7 nitrogen and oxygen atoms in total. The van der Waals surface area contributed by atoms with Crippen LogP contribution in [0.1, 0.15) is 22.8 Å². The molecule has 0 radical (unpaired) electrons. The Morgan fingerprint density at radius 1 is 1.04 bits per heavy atom. The molecule has 0 aromatic heterocycles. The first kappa shape index (κ1) is 19.7. The maximum atomic E-state index is 12.4. The largest absolute Gasteiger partial charge is 0.548 e. The molecule has 0 bridgehead atoms. The number of benzene rings is 2. The van der Waals surface area contributed by atoms with Crippen LogP contribution < -0.4 is 20.5 Å². The normalized spacial score (nSPS) is 10.8. The summed E-state index contributed by atoms with van der Waals surface area (Å²) in [6, 6.07) is 15.3. The second-order valence-electron chi connectivity index (χ2n) is 5.40. The quantitative estimate of drug-likeness (QED) is 0.669. The van der Waals surface area contributed by atoms with Crippen LogP contribution in [0.5, 0.6) is 5.75 Å². The van der Waals surface area contributed by atoms with E-state index in [0.717, 1.165) is 0 Å². The van der Waals surface area contributed by atoms with Gasteiger partial charge in [0.25, 0.3) is 11.8 Å². The van der Waals surface area contributed by atoms with Gasteiger partial charge in [0, 0.05) is 11.1 Å². The molecule has 7 heteroatoms. The van der Waals surface area contributed by atoms with E-state index in [-0.39, 0.29) is 5.70 Å². The third kappa shape index (κ3) is 6.00. The number of hydrogen-bond donors (Lipinski definition) is 2. The van der Waals surface area contributed by atoms with E-state index in [9.17, 15) is 19.5 Å².